The lowest BCUT2D eigenvalue weighted by Gasteiger charge is -2.13. The Morgan fingerprint density at radius 1 is 1.03 bits per heavy atom. The van der Waals surface area contributed by atoms with Crippen LogP contribution in [0.25, 0.3) is 0 Å². The molecule has 0 saturated heterocycles. The van der Waals surface area contributed by atoms with Gasteiger partial charge in [-0.3, -0.25) is 15.7 Å². The molecule has 0 fully saturated rings. The number of hydrogen-bond donors (Lipinski definition) is 2. The van der Waals surface area contributed by atoms with Crippen molar-refractivity contribution in [1.29, 1.82) is 0 Å². The predicted octanol–water partition coefficient (Wildman–Crippen LogP) is 4.12. The van der Waals surface area contributed by atoms with Crippen molar-refractivity contribution in [3.8, 4) is 11.6 Å². The third-order valence-corrected chi connectivity index (χ3v) is 4.13. The number of halogens is 1. The summed E-state index contributed by atoms with van der Waals surface area (Å²) in [7, 11) is 0. The Kier molecular flexibility index (Phi) is 7.13. The molecule has 2 aromatic carbocycles. The third-order valence-electron chi connectivity index (χ3n) is 4.13. The molecule has 0 saturated carbocycles. The van der Waals surface area contributed by atoms with Crippen LogP contribution in [-0.4, -0.2) is 22.6 Å². The van der Waals surface area contributed by atoms with Gasteiger partial charge in [0.25, 0.3) is 0 Å². The highest BCUT2D eigenvalue weighted by Gasteiger charge is 2.13. The van der Waals surface area contributed by atoms with Crippen LogP contribution in [0, 0.1) is 5.82 Å². The van der Waals surface area contributed by atoms with Crippen molar-refractivity contribution in [3.05, 3.63) is 89.4 Å². The topological polar surface area (TPSA) is 76.0 Å². The van der Waals surface area contributed by atoms with E-state index in [4.69, 9.17) is 9.47 Å². The molecule has 0 aliphatic rings. The van der Waals surface area contributed by atoms with E-state index < -0.39 is 0 Å². The SMILES string of the molecule is CCOc1ccccc1CN=C(NO)c1cccnc1OCc1ccccc1F. The van der Waals surface area contributed by atoms with Crippen molar-refractivity contribution in [2.45, 2.75) is 20.1 Å². The van der Waals surface area contributed by atoms with E-state index in [9.17, 15) is 9.60 Å². The molecule has 0 atom stereocenters. The molecule has 0 bridgehead atoms. The normalized spacial score (nSPS) is 11.2. The zero-order valence-electron chi connectivity index (χ0n) is 16.0. The maximum atomic E-state index is 13.8. The monoisotopic (exact) mass is 395 g/mol. The molecule has 3 aromatic rings. The second-order valence-corrected chi connectivity index (χ2v) is 6.05. The van der Waals surface area contributed by atoms with Crippen LogP contribution in [0.2, 0.25) is 0 Å². The van der Waals surface area contributed by atoms with E-state index in [0.29, 0.717) is 17.7 Å². The summed E-state index contributed by atoms with van der Waals surface area (Å²) in [5.74, 6) is 0.798. The molecular formula is C22H22FN3O3. The van der Waals surface area contributed by atoms with E-state index in [1.165, 1.54) is 6.07 Å². The Bertz CT molecular complexity index is 979. The lowest BCUT2D eigenvalue weighted by molar-refractivity contribution is 0.233. The predicted molar refractivity (Wildman–Crippen MR) is 108 cm³/mol. The second kappa shape index (κ2) is 10.2. The van der Waals surface area contributed by atoms with Gasteiger partial charge in [-0.05, 0) is 31.2 Å². The summed E-state index contributed by atoms with van der Waals surface area (Å²) in [6, 6.07) is 17.3. The van der Waals surface area contributed by atoms with Gasteiger partial charge >= 0.3 is 0 Å². The number of nitrogens with one attached hydrogen (secondary N) is 1. The summed E-state index contributed by atoms with van der Waals surface area (Å²) >= 11 is 0. The maximum absolute atomic E-state index is 13.8. The van der Waals surface area contributed by atoms with Crippen LogP contribution >= 0.6 is 0 Å². The Hall–Kier alpha value is -3.45. The van der Waals surface area contributed by atoms with Gasteiger partial charge in [-0.25, -0.2) is 9.37 Å². The van der Waals surface area contributed by atoms with Crippen LogP contribution in [0.15, 0.2) is 71.9 Å². The first kappa shape index (κ1) is 20.3. The van der Waals surface area contributed by atoms with Gasteiger partial charge in [0.05, 0.1) is 18.7 Å². The highest BCUT2D eigenvalue weighted by Crippen LogP contribution is 2.21. The summed E-state index contributed by atoms with van der Waals surface area (Å²) in [5.41, 5.74) is 3.85. The molecule has 0 aliphatic carbocycles. The van der Waals surface area contributed by atoms with Gasteiger partial charge in [0.15, 0.2) is 5.84 Å². The van der Waals surface area contributed by atoms with Crippen molar-refractivity contribution < 1.29 is 19.1 Å². The Balaban J connectivity index is 1.81. The molecule has 0 unspecified atom stereocenters. The highest BCUT2D eigenvalue weighted by molar-refractivity contribution is 5.99. The fourth-order valence-electron chi connectivity index (χ4n) is 2.72. The highest BCUT2D eigenvalue weighted by atomic mass is 19.1. The number of rotatable bonds is 8. The Labute approximate surface area is 168 Å². The zero-order chi connectivity index (χ0) is 20.5. The Morgan fingerprint density at radius 2 is 1.79 bits per heavy atom. The minimum absolute atomic E-state index is 0.00255. The van der Waals surface area contributed by atoms with Gasteiger partial charge in [0, 0.05) is 17.3 Å². The molecule has 3 rings (SSSR count). The number of pyridine rings is 1. The number of hydrogen-bond acceptors (Lipinski definition) is 5. The molecule has 0 amide bonds. The van der Waals surface area contributed by atoms with Gasteiger partial charge in [0.2, 0.25) is 5.88 Å². The number of ether oxygens (including phenoxy) is 2. The van der Waals surface area contributed by atoms with Crippen molar-refractivity contribution in [2.24, 2.45) is 4.99 Å². The van der Waals surface area contributed by atoms with Crippen LogP contribution in [-0.2, 0) is 13.2 Å². The average Bonchev–Trinajstić information content (AvgIpc) is 2.75. The summed E-state index contributed by atoms with van der Waals surface area (Å²) in [4.78, 5) is 8.63. The molecule has 7 heteroatoms. The van der Waals surface area contributed by atoms with E-state index in [1.54, 1.807) is 36.5 Å². The number of amidine groups is 1. The minimum atomic E-state index is -0.355. The number of hydroxylamine groups is 1. The smallest absolute Gasteiger partial charge is 0.224 e. The molecule has 1 aromatic heterocycles. The van der Waals surface area contributed by atoms with Crippen LogP contribution in [0.4, 0.5) is 4.39 Å². The first-order valence-corrected chi connectivity index (χ1v) is 9.19. The third kappa shape index (κ3) is 5.30. The fourth-order valence-corrected chi connectivity index (χ4v) is 2.72. The van der Waals surface area contributed by atoms with Crippen molar-refractivity contribution in [2.75, 3.05) is 6.61 Å². The molecule has 2 N–H and O–H groups in total. The number of aliphatic imine (C=N–C) groups is 1. The Morgan fingerprint density at radius 3 is 2.55 bits per heavy atom. The van der Waals surface area contributed by atoms with Crippen LogP contribution in [0.5, 0.6) is 11.6 Å². The van der Waals surface area contributed by atoms with Crippen LogP contribution in [0.3, 0.4) is 0 Å². The molecule has 0 aliphatic heterocycles. The largest absolute Gasteiger partial charge is 0.494 e. The van der Waals surface area contributed by atoms with Crippen molar-refractivity contribution in [1.82, 2.24) is 10.5 Å². The maximum Gasteiger partial charge on any atom is 0.224 e. The molecule has 150 valence electrons. The summed E-state index contributed by atoms with van der Waals surface area (Å²) in [6.45, 7) is 2.74. The van der Waals surface area contributed by atoms with Crippen LogP contribution in [0.1, 0.15) is 23.6 Å². The van der Waals surface area contributed by atoms with Gasteiger partial charge < -0.3 is 9.47 Å². The van der Waals surface area contributed by atoms with E-state index in [0.717, 1.165) is 11.3 Å². The molecular weight excluding hydrogens is 373 g/mol. The van der Waals surface area contributed by atoms with Crippen molar-refractivity contribution >= 4 is 5.84 Å². The van der Waals surface area contributed by atoms with E-state index in [1.807, 2.05) is 31.2 Å². The second-order valence-electron chi connectivity index (χ2n) is 6.05. The molecule has 1 heterocycles. The molecule has 6 nitrogen and oxygen atoms in total. The average molecular weight is 395 g/mol. The summed E-state index contributed by atoms with van der Waals surface area (Å²) in [5, 5.41) is 9.63. The number of nitrogens with zero attached hydrogens (tertiary/aromatic N) is 2. The van der Waals surface area contributed by atoms with Gasteiger partial charge in [-0.15, -0.1) is 0 Å². The lowest BCUT2D eigenvalue weighted by atomic mass is 10.2. The molecule has 0 radical (unpaired) electrons. The number of benzene rings is 2. The summed E-state index contributed by atoms with van der Waals surface area (Å²) in [6.07, 6.45) is 1.56. The van der Waals surface area contributed by atoms with Gasteiger partial charge in [-0.1, -0.05) is 36.4 Å². The van der Waals surface area contributed by atoms with E-state index in [-0.39, 0.29) is 30.7 Å². The van der Waals surface area contributed by atoms with Gasteiger partial charge in [-0.2, -0.15) is 0 Å². The fraction of sp³-hybridized carbons (Fsp3) is 0.182. The van der Waals surface area contributed by atoms with Gasteiger partial charge in [0.1, 0.15) is 18.2 Å². The van der Waals surface area contributed by atoms with Crippen molar-refractivity contribution in [3.63, 3.8) is 0 Å². The quantitative estimate of drug-likeness (QED) is 0.341. The van der Waals surface area contributed by atoms with E-state index >= 15 is 0 Å². The first-order valence-electron chi connectivity index (χ1n) is 9.19. The zero-order valence-corrected chi connectivity index (χ0v) is 16.0. The standard InChI is InChI=1S/C22H22FN3O3/c1-2-28-20-12-6-4-8-16(20)14-25-21(26-27)18-10-7-13-24-22(18)29-15-17-9-3-5-11-19(17)23/h3-13,27H,2,14-15H2,1H3,(H,25,26). The first-order chi connectivity index (χ1) is 14.2. The lowest BCUT2D eigenvalue weighted by Crippen LogP contribution is -2.22. The minimum Gasteiger partial charge on any atom is -0.494 e. The number of aromatic nitrogens is 1. The van der Waals surface area contributed by atoms with E-state index in [2.05, 4.69) is 15.5 Å². The molecule has 29 heavy (non-hydrogen) atoms. The summed E-state index contributed by atoms with van der Waals surface area (Å²) < 4.78 is 25.1. The van der Waals surface area contributed by atoms with Crippen LogP contribution < -0.4 is 15.0 Å². The molecule has 0 spiro atoms. The number of para-hydroxylation sites is 1.